The molecule has 3 N–H and O–H groups in total. The van der Waals surface area contributed by atoms with Gasteiger partial charge in [0.1, 0.15) is 11.9 Å². The third kappa shape index (κ3) is 12.0. The molecule has 4 aromatic carbocycles. The summed E-state index contributed by atoms with van der Waals surface area (Å²) in [7, 11) is 1.79. The molecule has 0 unspecified atom stereocenters. The molecule has 5 aromatic rings. The van der Waals surface area contributed by atoms with Crippen LogP contribution in [0.3, 0.4) is 0 Å². The molecule has 1 aliphatic rings. The number of carbonyl (C=O) groups excluding carboxylic acids is 4. The smallest absolute Gasteiger partial charge is 0.411 e. The Morgan fingerprint density at radius 3 is 2.35 bits per heavy atom. The second-order valence-corrected chi connectivity index (χ2v) is 14.6. The number of pyridine rings is 1. The maximum absolute atomic E-state index is 12.9. The standard InChI is InChI=1S/C46H51N5O6/c1-50(45(55)25-30-51-28-23-37(24-29-51)57-46(56)49-41-14-6-5-12-38(41)35-9-3-2-4-10-35)27-8-11-36(52)31-34-18-16-33(17-19-34)22-26-47-32-43(53)40-13-7-15-42-39(40)20-21-44(54)48-42/h2-7,9-10,12-21,37,47H,8,11,22-32H2,1H3,(H,48,54)(H,49,56). The molecule has 11 heteroatoms. The first-order valence-electron chi connectivity index (χ1n) is 19.8. The number of anilines is 1. The van der Waals surface area contributed by atoms with Crippen LogP contribution < -0.4 is 16.2 Å². The van der Waals surface area contributed by atoms with E-state index >= 15 is 0 Å². The number of rotatable bonds is 18. The Morgan fingerprint density at radius 1 is 0.825 bits per heavy atom. The molecule has 0 atom stereocenters. The summed E-state index contributed by atoms with van der Waals surface area (Å²) in [5.74, 6) is 0.153. The second-order valence-electron chi connectivity index (χ2n) is 14.6. The summed E-state index contributed by atoms with van der Waals surface area (Å²) in [6.45, 7) is 3.48. The van der Waals surface area contributed by atoms with Crippen LogP contribution in [-0.4, -0.2) is 90.8 Å². The number of nitrogens with zero attached hydrogens (tertiary/aromatic N) is 2. The molecule has 2 amide bonds. The number of para-hydroxylation sites is 1. The number of likely N-dealkylation sites (tertiary alicyclic amines) is 1. The van der Waals surface area contributed by atoms with Crippen molar-refractivity contribution in [3.8, 4) is 11.1 Å². The highest BCUT2D eigenvalue weighted by Gasteiger charge is 2.24. The van der Waals surface area contributed by atoms with Crippen LogP contribution in [0.15, 0.2) is 114 Å². The predicted octanol–water partition coefficient (Wildman–Crippen LogP) is 6.66. The van der Waals surface area contributed by atoms with E-state index in [0.717, 1.165) is 47.2 Å². The normalized spacial score (nSPS) is 13.3. The lowest BCUT2D eigenvalue weighted by molar-refractivity contribution is -0.130. The average molecular weight is 770 g/mol. The number of nitrogens with one attached hydrogen (secondary N) is 3. The van der Waals surface area contributed by atoms with Gasteiger partial charge in [0, 0.05) is 80.6 Å². The van der Waals surface area contributed by atoms with Crippen LogP contribution in [-0.2, 0) is 27.2 Å². The fourth-order valence-electron chi connectivity index (χ4n) is 7.19. The molecule has 1 aromatic heterocycles. The number of Topliss-reactive ketones (excluding diaryl/α,β-unsaturated/α-hetero) is 2. The average Bonchev–Trinajstić information content (AvgIpc) is 3.22. The van der Waals surface area contributed by atoms with Crippen LogP contribution in [0.25, 0.3) is 22.0 Å². The number of hydrogen-bond donors (Lipinski definition) is 3. The van der Waals surface area contributed by atoms with Crippen molar-refractivity contribution in [1.82, 2.24) is 20.1 Å². The van der Waals surface area contributed by atoms with Crippen molar-refractivity contribution in [3.63, 3.8) is 0 Å². The second kappa shape index (κ2) is 20.3. The maximum Gasteiger partial charge on any atom is 0.411 e. The zero-order chi connectivity index (χ0) is 40.0. The van der Waals surface area contributed by atoms with Crippen LogP contribution in [0.1, 0.15) is 53.6 Å². The Bertz CT molecular complexity index is 2200. The van der Waals surface area contributed by atoms with Gasteiger partial charge in [-0.05, 0) is 67.1 Å². The first-order valence-corrected chi connectivity index (χ1v) is 19.8. The monoisotopic (exact) mass is 769 g/mol. The lowest BCUT2D eigenvalue weighted by Gasteiger charge is -2.31. The number of aromatic nitrogens is 1. The number of ketones is 2. The van der Waals surface area contributed by atoms with E-state index in [4.69, 9.17) is 4.74 Å². The molecule has 0 aliphatic carbocycles. The minimum Gasteiger partial charge on any atom is -0.446 e. The highest BCUT2D eigenvalue weighted by molar-refractivity contribution is 6.08. The predicted molar refractivity (Wildman–Crippen MR) is 224 cm³/mol. The quantitative estimate of drug-likeness (QED) is 0.0664. The maximum atomic E-state index is 12.9. The number of benzene rings is 4. The van der Waals surface area contributed by atoms with Crippen molar-refractivity contribution in [2.24, 2.45) is 0 Å². The molecule has 57 heavy (non-hydrogen) atoms. The lowest BCUT2D eigenvalue weighted by atomic mass is 10.0. The number of fused-ring (bicyclic) bond motifs is 1. The molecule has 296 valence electrons. The van der Waals surface area contributed by atoms with E-state index in [2.05, 4.69) is 20.5 Å². The molecule has 0 radical (unpaired) electrons. The molecule has 0 saturated carbocycles. The molecule has 1 aliphatic heterocycles. The molecular weight excluding hydrogens is 719 g/mol. The molecule has 0 bridgehead atoms. The molecular formula is C46H51N5O6. The summed E-state index contributed by atoms with van der Waals surface area (Å²) in [4.78, 5) is 69.5. The fraction of sp³-hybridized carbons (Fsp3) is 0.326. The Kier molecular flexibility index (Phi) is 14.5. The SMILES string of the molecule is CN(CCCC(=O)Cc1ccc(CCNCC(=O)c2cccc3[nH]c(=O)ccc23)cc1)C(=O)CCN1CCC(OC(=O)Nc2ccccc2-c2ccccc2)CC1. The van der Waals surface area contributed by atoms with Crippen molar-refractivity contribution in [2.45, 2.75) is 51.0 Å². The number of H-pyrrole nitrogens is 1. The van der Waals surface area contributed by atoms with Gasteiger partial charge >= 0.3 is 6.09 Å². The highest BCUT2D eigenvalue weighted by atomic mass is 16.6. The van der Waals surface area contributed by atoms with Crippen LogP contribution in [0.4, 0.5) is 10.5 Å². The number of hydrogen-bond acceptors (Lipinski definition) is 8. The zero-order valence-electron chi connectivity index (χ0n) is 32.5. The lowest BCUT2D eigenvalue weighted by Crippen LogP contribution is -2.40. The molecule has 1 saturated heterocycles. The van der Waals surface area contributed by atoms with Gasteiger partial charge in [0.15, 0.2) is 5.78 Å². The fourth-order valence-corrected chi connectivity index (χ4v) is 7.19. The van der Waals surface area contributed by atoms with Crippen molar-refractivity contribution in [1.29, 1.82) is 0 Å². The summed E-state index contributed by atoms with van der Waals surface area (Å²) in [5, 5.41) is 6.86. The van der Waals surface area contributed by atoms with E-state index in [-0.39, 0.29) is 35.7 Å². The summed E-state index contributed by atoms with van der Waals surface area (Å²) in [5.41, 5.74) is 5.73. The van der Waals surface area contributed by atoms with Gasteiger partial charge in [0.2, 0.25) is 11.5 Å². The summed E-state index contributed by atoms with van der Waals surface area (Å²) >= 11 is 0. The van der Waals surface area contributed by atoms with Gasteiger partial charge < -0.3 is 24.8 Å². The van der Waals surface area contributed by atoms with Crippen LogP contribution in [0, 0.1) is 0 Å². The summed E-state index contributed by atoms with van der Waals surface area (Å²) < 4.78 is 5.75. The molecule has 6 rings (SSSR count). The van der Waals surface area contributed by atoms with Gasteiger partial charge in [-0.2, -0.15) is 0 Å². The van der Waals surface area contributed by atoms with Crippen molar-refractivity contribution in [2.75, 3.05) is 51.6 Å². The number of aromatic amines is 1. The Balaban J connectivity index is 0.815. The highest BCUT2D eigenvalue weighted by Crippen LogP contribution is 2.28. The molecule has 2 heterocycles. The van der Waals surface area contributed by atoms with Crippen LogP contribution in [0.5, 0.6) is 0 Å². The number of piperidine rings is 1. The van der Waals surface area contributed by atoms with Crippen molar-refractivity contribution < 1.29 is 23.9 Å². The summed E-state index contributed by atoms with van der Waals surface area (Å²) in [6, 6.07) is 34.0. The van der Waals surface area contributed by atoms with Crippen LogP contribution >= 0.6 is 0 Å². The first kappa shape index (κ1) is 40.7. The molecule has 1 fully saturated rings. The van der Waals surface area contributed by atoms with Crippen LogP contribution in [0.2, 0.25) is 0 Å². The van der Waals surface area contributed by atoms with Crippen molar-refractivity contribution >= 4 is 40.2 Å². The topological polar surface area (TPSA) is 141 Å². The molecule has 11 nitrogen and oxygen atoms in total. The van der Waals surface area contributed by atoms with Gasteiger partial charge in [-0.25, -0.2) is 4.79 Å². The van der Waals surface area contributed by atoms with Gasteiger partial charge in [0.25, 0.3) is 0 Å². The van der Waals surface area contributed by atoms with E-state index in [1.54, 1.807) is 36.2 Å². The van der Waals surface area contributed by atoms with E-state index in [9.17, 15) is 24.0 Å². The minimum atomic E-state index is -0.461. The van der Waals surface area contributed by atoms with Gasteiger partial charge in [-0.3, -0.25) is 24.5 Å². The van der Waals surface area contributed by atoms with Gasteiger partial charge in [-0.15, -0.1) is 0 Å². The Hall–Kier alpha value is -5.91. The van der Waals surface area contributed by atoms with Gasteiger partial charge in [-0.1, -0.05) is 84.9 Å². The molecule has 0 spiro atoms. The number of carbonyl (C=O) groups is 4. The van der Waals surface area contributed by atoms with E-state index in [1.807, 2.05) is 78.9 Å². The minimum absolute atomic E-state index is 0.0402. The van der Waals surface area contributed by atoms with Gasteiger partial charge in [0.05, 0.1) is 12.2 Å². The number of amides is 2. The zero-order valence-corrected chi connectivity index (χ0v) is 32.5. The third-order valence-corrected chi connectivity index (χ3v) is 10.4. The first-order chi connectivity index (χ1) is 27.7. The largest absolute Gasteiger partial charge is 0.446 e. The van der Waals surface area contributed by atoms with Crippen molar-refractivity contribution in [3.05, 3.63) is 136 Å². The van der Waals surface area contributed by atoms with E-state index < -0.39 is 6.09 Å². The number of ether oxygens (including phenoxy) is 1. The van der Waals surface area contributed by atoms with E-state index in [0.29, 0.717) is 74.9 Å². The Morgan fingerprint density at radius 2 is 1.56 bits per heavy atom. The Labute approximate surface area is 333 Å². The van der Waals surface area contributed by atoms with E-state index in [1.165, 1.54) is 6.07 Å². The summed E-state index contributed by atoms with van der Waals surface area (Å²) in [6.07, 6.45) is 3.29. The third-order valence-electron chi connectivity index (χ3n) is 10.4.